The Morgan fingerprint density at radius 1 is 1.31 bits per heavy atom. The average molecular weight is 387 g/mol. The third kappa shape index (κ3) is 4.20. The number of hydrogen-bond acceptors (Lipinski definition) is 3. The predicted octanol–water partition coefficient (Wildman–Crippen LogP) is 4.45. The van der Waals surface area contributed by atoms with Gasteiger partial charge >= 0.3 is 0 Å². The summed E-state index contributed by atoms with van der Waals surface area (Å²) in [5.74, 6) is 0.490. The van der Waals surface area contributed by atoms with Crippen LogP contribution in [0.15, 0.2) is 48.5 Å². The minimum absolute atomic E-state index is 0.0868. The molecule has 2 N–H and O–H groups in total. The number of H-pyrrole nitrogens is 1. The van der Waals surface area contributed by atoms with E-state index in [0.717, 1.165) is 16.7 Å². The molecule has 5 nitrogen and oxygen atoms in total. The van der Waals surface area contributed by atoms with Gasteiger partial charge in [-0.2, -0.15) is 5.10 Å². The van der Waals surface area contributed by atoms with Gasteiger partial charge in [0, 0.05) is 10.6 Å². The van der Waals surface area contributed by atoms with Crippen LogP contribution >= 0.6 is 23.8 Å². The highest BCUT2D eigenvalue weighted by Gasteiger charge is 2.15. The van der Waals surface area contributed by atoms with Gasteiger partial charge in [0.25, 0.3) is 0 Å². The van der Waals surface area contributed by atoms with Crippen molar-refractivity contribution in [1.29, 1.82) is 0 Å². The van der Waals surface area contributed by atoms with Gasteiger partial charge in [-0.05, 0) is 43.8 Å². The second kappa shape index (κ2) is 7.85. The van der Waals surface area contributed by atoms with Crippen LogP contribution in [0.1, 0.15) is 24.1 Å². The van der Waals surface area contributed by atoms with Crippen molar-refractivity contribution < 1.29 is 4.79 Å². The van der Waals surface area contributed by atoms with E-state index < -0.39 is 0 Å². The molecule has 0 fully saturated rings. The Morgan fingerprint density at radius 2 is 2.04 bits per heavy atom. The normalized spacial score (nSPS) is 12.0. The molecule has 3 rings (SSSR count). The van der Waals surface area contributed by atoms with Crippen molar-refractivity contribution in [2.24, 2.45) is 0 Å². The second-order valence-electron chi connectivity index (χ2n) is 6.15. The van der Waals surface area contributed by atoms with Crippen LogP contribution in [0.3, 0.4) is 0 Å². The van der Waals surface area contributed by atoms with Crippen molar-refractivity contribution in [2.45, 2.75) is 26.4 Å². The molecule has 134 valence electrons. The molecule has 0 aliphatic carbocycles. The van der Waals surface area contributed by atoms with Crippen LogP contribution < -0.4 is 5.32 Å². The molecular weight excluding hydrogens is 368 g/mol. The van der Waals surface area contributed by atoms with Crippen molar-refractivity contribution in [3.8, 4) is 11.4 Å². The largest absolute Gasteiger partial charge is 0.348 e. The summed E-state index contributed by atoms with van der Waals surface area (Å²) in [5, 5.41) is 10.6. The molecule has 0 unspecified atom stereocenters. The van der Waals surface area contributed by atoms with E-state index in [2.05, 4.69) is 15.5 Å². The van der Waals surface area contributed by atoms with Crippen LogP contribution in [0, 0.1) is 11.7 Å². The fourth-order valence-corrected chi connectivity index (χ4v) is 3.07. The van der Waals surface area contributed by atoms with Crippen molar-refractivity contribution in [1.82, 2.24) is 20.1 Å². The van der Waals surface area contributed by atoms with Gasteiger partial charge in [-0.25, -0.2) is 0 Å². The summed E-state index contributed by atoms with van der Waals surface area (Å²) in [7, 11) is 0. The fraction of sp³-hybridized carbons (Fsp3) is 0.211. The molecule has 0 radical (unpaired) electrons. The number of halogens is 1. The minimum Gasteiger partial charge on any atom is -0.348 e. The number of aryl methyl sites for hydroxylation is 1. The molecule has 1 heterocycles. The number of carbonyl (C=O) groups excluding carboxylic acids is 1. The first-order valence-corrected chi connectivity index (χ1v) is 9.00. The SMILES string of the molecule is Cc1ccc(-c2n[nH]c(=S)n2CC(=O)N[C@H](C)c2cccc(Cl)c2)cc1. The van der Waals surface area contributed by atoms with E-state index in [4.69, 9.17) is 23.8 Å². The Hall–Kier alpha value is -2.44. The molecule has 2 aromatic carbocycles. The number of hydrogen-bond donors (Lipinski definition) is 2. The molecule has 0 bridgehead atoms. The molecule has 1 aromatic heterocycles. The molecule has 7 heteroatoms. The van der Waals surface area contributed by atoms with E-state index in [-0.39, 0.29) is 18.5 Å². The van der Waals surface area contributed by atoms with E-state index in [9.17, 15) is 4.79 Å². The smallest absolute Gasteiger partial charge is 0.240 e. The summed E-state index contributed by atoms with van der Waals surface area (Å²) in [6.45, 7) is 4.02. The quantitative estimate of drug-likeness (QED) is 0.637. The van der Waals surface area contributed by atoms with Crippen LogP contribution in [-0.4, -0.2) is 20.7 Å². The summed E-state index contributed by atoms with van der Waals surface area (Å²) in [4.78, 5) is 12.5. The fourth-order valence-electron chi connectivity index (χ4n) is 2.68. The van der Waals surface area contributed by atoms with E-state index in [1.807, 2.05) is 56.3 Å². The minimum atomic E-state index is -0.162. The maximum Gasteiger partial charge on any atom is 0.240 e. The van der Waals surface area contributed by atoms with E-state index >= 15 is 0 Å². The van der Waals surface area contributed by atoms with E-state index in [0.29, 0.717) is 15.6 Å². The van der Waals surface area contributed by atoms with Crippen LogP contribution in [-0.2, 0) is 11.3 Å². The van der Waals surface area contributed by atoms with Gasteiger partial charge in [-0.1, -0.05) is 53.6 Å². The molecule has 0 saturated heterocycles. The zero-order valence-electron chi connectivity index (χ0n) is 14.5. The van der Waals surface area contributed by atoms with E-state index in [1.165, 1.54) is 0 Å². The topological polar surface area (TPSA) is 62.7 Å². The van der Waals surface area contributed by atoms with E-state index in [1.54, 1.807) is 10.6 Å². The lowest BCUT2D eigenvalue weighted by Crippen LogP contribution is -2.30. The molecule has 26 heavy (non-hydrogen) atoms. The molecule has 3 aromatic rings. The number of amides is 1. The molecule has 0 aliphatic heterocycles. The number of rotatable bonds is 5. The van der Waals surface area contributed by atoms with Gasteiger partial charge in [0.15, 0.2) is 10.6 Å². The Labute approximate surface area is 162 Å². The monoisotopic (exact) mass is 386 g/mol. The molecule has 0 aliphatic rings. The summed E-state index contributed by atoms with van der Waals surface area (Å²) in [6.07, 6.45) is 0. The number of carbonyl (C=O) groups is 1. The third-order valence-electron chi connectivity index (χ3n) is 4.10. The highest BCUT2D eigenvalue weighted by atomic mass is 35.5. The average Bonchev–Trinajstić information content (AvgIpc) is 2.96. The molecule has 1 amide bonds. The highest BCUT2D eigenvalue weighted by Crippen LogP contribution is 2.19. The molecule has 0 saturated carbocycles. The Bertz CT molecular complexity index is 978. The van der Waals surface area contributed by atoms with Crippen LogP contribution in [0.2, 0.25) is 5.02 Å². The van der Waals surface area contributed by atoms with Gasteiger partial charge in [0.2, 0.25) is 5.91 Å². The number of aromatic amines is 1. The standard InChI is InChI=1S/C19H19ClN4OS/c1-12-6-8-14(9-7-12)18-22-23-19(26)24(18)11-17(25)21-13(2)15-4-3-5-16(20)10-15/h3-10,13H,11H2,1-2H3,(H,21,25)(H,23,26)/t13-/m1/s1. The molecule has 1 atom stereocenters. The summed E-state index contributed by atoms with van der Waals surface area (Å²) >= 11 is 11.3. The molecular formula is C19H19ClN4OS. The second-order valence-corrected chi connectivity index (χ2v) is 6.97. The van der Waals surface area contributed by atoms with Gasteiger partial charge in [0.1, 0.15) is 6.54 Å². The maximum atomic E-state index is 12.5. The highest BCUT2D eigenvalue weighted by molar-refractivity contribution is 7.71. The Kier molecular flexibility index (Phi) is 5.54. The number of benzene rings is 2. The van der Waals surface area contributed by atoms with Crippen molar-refractivity contribution in [2.75, 3.05) is 0 Å². The first-order valence-electron chi connectivity index (χ1n) is 8.21. The third-order valence-corrected chi connectivity index (χ3v) is 4.64. The zero-order chi connectivity index (χ0) is 18.7. The molecule has 0 spiro atoms. The lowest BCUT2D eigenvalue weighted by molar-refractivity contribution is -0.122. The van der Waals surface area contributed by atoms with Crippen LogP contribution in [0.4, 0.5) is 0 Å². The van der Waals surface area contributed by atoms with Crippen LogP contribution in [0.25, 0.3) is 11.4 Å². The summed E-state index contributed by atoms with van der Waals surface area (Å²) < 4.78 is 2.10. The van der Waals surface area contributed by atoms with Gasteiger partial charge in [-0.3, -0.25) is 14.5 Å². The zero-order valence-corrected chi connectivity index (χ0v) is 16.1. The maximum absolute atomic E-state index is 12.5. The Morgan fingerprint density at radius 3 is 2.73 bits per heavy atom. The Balaban J connectivity index is 1.76. The van der Waals surface area contributed by atoms with Gasteiger partial charge < -0.3 is 5.32 Å². The number of nitrogens with zero attached hydrogens (tertiary/aromatic N) is 2. The first kappa shape index (κ1) is 18.4. The number of nitrogens with one attached hydrogen (secondary N) is 2. The van der Waals surface area contributed by atoms with Gasteiger partial charge in [0.05, 0.1) is 6.04 Å². The van der Waals surface area contributed by atoms with Crippen LogP contribution in [0.5, 0.6) is 0 Å². The lowest BCUT2D eigenvalue weighted by atomic mass is 10.1. The van der Waals surface area contributed by atoms with Crippen molar-refractivity contribution >= 4 is 29.7 Å². The summed E-state index contributed by atoms with van der Waals surface area (Å²) in [5.41, 5.74) is 3.00. The van der Waals surface area contributed by atoms with Gasteiger partial charge in [-0.15, -0.1) is 0 Å². The lowest BCUT2D eigenvalue weighted by Gasteiger charge is -2.15. The predicted molar refractivity (Wildman–Crippen MR) is 106 cm³/mol. The van der Waals surface area contributed by atoms with Crippen molar-refractivity contribution in [3.63, 3.8) is 0 Å². The van der Waals surface area contributed by atoms with Crippen molar-refractivity contribution in [3.05, 3.63) is 69.5 Å². The first-order chi connectivity index (χ1) is 12.4. The summed E-state index contributed by atoms with van der Waals surface area (Å²) in [6, 6.07) is 15.2. The number of aromatic nitrogens is 3.